The summed E-state index contributed by atoms with van der Waals surface area (Å²) in [5.41, 5.74) is 4.52. The summed E-state index contributed by atoms with van der Waals surface area (Å²) < 4.78 is 0. The standard InChI is InChI=1S/C18H17N5O/c1-3-16(24)15-4-10(2)12(7-20-15)14-5-11-6-21-18-17(22-9-23-18)13(11)8-19-14/h4-9,15,19-20H,3H2,1-2H3. The number of carbonyl (C=O) groups is 1. The summed E-state index contributed by atoms with van der Waals surface area (Å²) in [5, 5.41) is 5.17. The molecular formula is C18H17N5O. The maximum absolute atomic E-state index is 11.9. The second-order valence-electron chi connectivity index (χ2n) is 5.89. The lowest BCUT2D eigenvalue weighted by Gasteiger charge is -2.21. The summed E-state index contributed by atoms with van der Waals surface area (Å²) in [4.78, 5) is 27.9. The van der Waals surface area contributed by atoms with Crippen molar-refractivity contribution in [1.29, 1.82) is 0 Å². The number of imidazole rings is 1. The van der Waals surface area contributed by atoms with Crippen LogP contribution >= 0.6 is 0 Å². The van der Waals surface area contributed by atoms with Gasteiger partial charge >= 0.3 is 0 Å². The number of allylic oxidation sites excluding steroid dienone is 2. The number of hydrogen-bond acceptors (Lipinski definition) is 5. The van der Waals surface area contributed by atoms with Gasteiger partial charge in [-0.25, -0.2) is 15.0 Å². The summed E-state index contributed by atoms with van der Waals surface area (Å²) in [6, 6.07) is 1.81. The van der Waals surface area contributed by atoms with Gasteiger partial charge in [0.15, 0.2) is 11.4 Å². The monoisotopic (exact) mass is 319 g/mol. The van der Waals surface area contributed by atoms with Gasteiger partial charge < -0.3 is 10.3 Å². The Morgan fingerprint density at radius 2 is 2.17 bits per heavy atom. The van der Waals surface area contributed by atoms with Crippen LogP contribution in [0.1, 0.15) is 26.0 Å². The van der Waals surface area contributed by atoms with Crippen LogP contribution in [0, 0.1) is 0 Å². The topological polar surface area (TPSA) is 83.6 Å². The Bertz CT molecular complexity index is 1010. The number of dihydropyridines is 1. The molecule has 6 heteroatoms. The molecule has 1 aliphatic heterocycles. The van der Waals surface area contributed by atoms with Gasteiger partial charge in [-0.1, -0.05) is 13.0 Å². The average Bonchev–Trinajstić information content (AvgIpc) is 3.09. The zero-order chi connectivity index (χ0) is 16.7. The molecule has 0 bridgehead atoms. The molecule has 6 nitrogen and oxygen atoms in total. The van der Waals surface area contributed by atoms with Crippen LogP contribution in [-0.4, -0.2) is 31.8 Å². The average molecular weight is 319 g/mol. The predicted molar refractivity (Wildman–Crippen MR) is 93.1 cm³/mol. The van der Waals surface area contributed by atoms with Gasteiger partial charge in [0.05, 0.1) is 0 Å². The highest BCUT2D eigenvalue weighted by Gasteiger charge is 2.19. The molecule has 0 saturated heterocycles. The number of aromatic nitrogens is 4. The fraction of sp³-hybridized carbons (Fsp3) is 0.222. The SMILES string of the molecule is CCC(=O)C1C=C(C)C(c2cc3cnc4ncnc4c3c[nH]2)=CN1. The van der Waals surface area contributed by atoms with Crippen molar-refractivity contribution in [3.8, 4) is 0 Å². The van der Waals surface area contributed by atoms with Gasteiger partial charge in [-0.05, 0) is 18.6 Å². The summed E-state index contributed by atoms with van der Waals surface area (Å²) in [6.07, 6.45) is 9.66. The highest BCUT2D eigenvalue weighted by molar-refractivity contribution is 6.02. The highest BCUT2D eigenvalue weighted by Crippen LogP contribution is 2.28. The lowest BCUT2D eigenvalue weighted by Crippen LogP contribution is -2.33. The number of rotatable bonds is 3. The van der Waals surface area contributed by atoms with E-state index in [4.69, 9.17) is 0 Å². The Labute approximate surface area is 138 Å². The third-order valence-corrected chi connectivity index (χ3v) is 4.38. The number of carbonyl (C=O) groups excluding carboxylic acids is 1. The van der Waals surface area contributed by atoms with Gasteiger partial charge in [0.2, 0.25) is 0 Å². The van der Waals surface area contributed by atoms with E-state index in [0.29, 0.717) is 12.1 Å². The molecule has 2 N–H and O–H groups in total. The molecule has 1 atom stereocenters. The zero-order valence-corrected chi connectivity index (χ0v) is 13.5. The van der Waals surface area contributed by atoms with Crippen LogP contribution in [0.3, 0.4) is 0 Å². The smallest absolute Gasteiger partial charge is 0.180 e. The first-order valence-electron chi connectivity index (χ1n) is 7.93. The Morgan fingerprint density at radius 3 is 2.96 bits per heavy atom. The summed E-state index contributed by atoms with van der Waals surface area (Å²) in [5.74, 6) is 0.188. The lowest BCUT2D eigenvalue weighted by atomic mass is 9.96. The Morgan fingerprint density at radius 1 is 1.29 bits per heavy atom. The van der Waals surface area contributed by atoms with E-state index in [1.165, 1.54) is 6.33 Å². The van der Waals surface area contributed by atoms with Crippen LogP contribution in [0.15, 0.2) is 42.6 Å². The van der Waals surface area contributed by atoms with E-state index in [-0.39, 0.29) is 11.8 Å². The van der Waals surface area contributed by atoms with Crippen LogP contribution < -0.4 is 5.32 Å². The molecule has 3 aromatic rings. The predicted octanol–water partition coefficient (Wildman–Crippen LogP) is 2.74. The second-order valence-corrected chi connectivity index (χ2v) is 5.89. The number of aromatic amines is 1. The van der Waals surface area contributed by atoms with E-state index in [2.05, 4.69) is 25.3 Å². The maximum Gasteiger partial charge on any atom is 0.180 e. The number of pyridine rings is 2. The van der Waals surface area contributed by atoms with E-state index in [0.717, 1.165) is 33.1 Å². The third kappa shape index (κ3) is 2.27. The van der Waals surface area contributed by atoms with E-state index in [9.17, 15) is 4.79 Å². The fourth-order valence-corrected chi connectivity index (χ4v) is 3.02. The van der Waals surface area contributed by atoms with Gasteiger partial charge in [0, 0.05) is 47.1 Å². The molecule has 24 heavy (non-hydrogen) atoms. The molecule has 0 aliphatic carbocycles. The van der Waals surface area contributed by atoms with E-state index < -0.39 is 0 Å². The Hall–Kier alpha value is -3.02. The zero-order valence-electron chi connectivity index (χ0n) is 13.5. The molecule has 0 amide bonds. The van der Waals surface area contributed by atoms with Crippen molar-refractivity contribution in [3.05, 3.63) is 48.3 Å². The van der Waals surface area contributed by atoms with Crippen molar-refractivity contribution in [2.45, 2.75) is 26.3 Å². The van der Waals surface area contributed by atoms with Crippen molar-refractivity contribution < 1.29 is 4.79 Å². The first-order valence-corrected chi connectivity index (χ1v) is 7.93. The highest BCUT2D eigenvalue weighted by atomic mass is 16.1. The van der Waals surface area contributed by atoms with E-state index in [1.54, 1.807) is 0 Å². The molecule has 1 unspecified atom stereocenters. The number of fused-ring (bicyclic) bond motifs is 3. The molecule has 4 rings (SSSR count). The van der Waals surface area contributed by atoms with Crippen LogP contribution in [0.25, 0.3) is 27.5 Å². The Kier molecular flexibility index (Phi) is 3.37. The molecule has 0 spiro atoms. The molecule has 0 aromatic carbocycles. The fourth-order valence-electron chi connectivity index (χ4n) is 3.02. The number of hydrogen-bond donors (Lipinski definition) is 2. The molecule has 0 saturated carbocycles. The van der Waals surface area contributed by atoms with Crippen LogP contribution in [0.2, 0.25) is 0 Å². The molecule has 4 heterocycles. The largest absolute Gasteiger partial charge is 0.378 e. The van der Waals surface area contributed by atoms with Crippen molar-refractivity contribution in [2.24, 2.45) is 0 Å². The number of ketones is 1. The molecule has 1 aliphatic rings. The minimum Gasteiger partial charge on any atom is -0.378 e. The quantitative estimate of drug-likeness (QED) is 0.775. The van der Waals surface area contributed by atoms with Crippen molar-refractivity contribution in [3.63, 3.8) is 0 Å². The summed E-state index contributed by atoms with van der Waals surface area (Å²) in [6.45, 7) is 3.90. The van der Waals surface area contributed by atoms with Gasteiger partial charge in [-0.15, -0.1) is 0 Å². The molecule has 0 fully saturated rings. The first kappa shape index (κ1) is 14.6. The third-order valence-electron chi connectivity index (χ3n) is 4.38. The van der Waals surface area contributed by atoms with Crippen molar-refractivity contribution >= 4 is 33.3 Å². The van der Waals surface area contributed by atoms with Gasteiger partial charge in [0.25, 0.3) is 0 Å². The number of nitrogens with one attached hydrogen (secondary N) is 2. The first-order chi connectivity index (χ1) is 11.7. The summed E-state index contributed by atoms with van der Waals surface area (Å²) >= 11 is 0. The van der Waals surface area contributed by atoms with Gasteiger partial charge in [0.1, 0.15) is 17.9 Å². The van der Waals surface area contributed by atoms with Gasteiger partial charge in [-0.3, -0.25) is 4.79 Å². The van der Waals surface area contributed by atoms with Crippen molar-refractivity contribution in [1.82, 2.24) is 25.3 Å². The second kappa shape index (κ2) is 5.56. The molecule has 3 aromatic heterocycles. The van der Waals surface area contributed by atoms with Crippen LogP contribution in [-0.2, 0) is 4.79 Å². The van der Waals surface area contributed by atoms with Crippen molar-refractivity contribution in [2.75, 3.05) is 0 Å². The number of nitrogens with zero attached hydrogens (tertiary/aromatic N) is 3. The summed E-state index contributed by atoms with van der Waals surface area (Å²) in [7, 11) is 0. The number of Topliss-reactive ketones (excluding diaryl/α,β-unsaturated/α-hetero) is 1. The molecule has 120 valence electrons. The van der Waals surface area contributed by atoms with Gasteiger partial charge in [-0.2, -0.15) is 0 Å². The molecule has 0 radical (unpaired) electrons. The van der Waals surface area contributed by atoms with E-state index in [1.807, 2.05) is 44.6 Å². The molecular weight excluding hydrogens is 302 g/mol. The minimum absolute atomic E-state index is 0.188. The van der Waals surface area contributed by atoms with E-state index >= 15 is 0 Å². The lowest BCUT2D eigenvalue weighted by molar-refractivity contribution is -0.119. The Balaban J connectivity index is 1.75. The number of H-pyrrole nitrogens is 1. The van der Waals surface area contributed by atoms with Crippen LogP contribution in [0.5, 0.6) is 0 Å². The van der Waals surface area contributed by atoms with Crippen LogP contribution in [0.4, 0.5) is 0 Å². The minimum atomic E-state index is -0.236. The maximum atomic E-state index is 11.9. The normalized spacial score (nSPS) is 17.5.